The number of ether oxygens (including phenoxy) is 1. The van der Waals surface area contributed by atoms with Crippen LogP contribution in [0.25, 0.3) is 0 Å². The van der Waals surface area contributed by atoms with Crippen molar-refractivity contribution in [2.24, 2.45) is 5.73 Å². The molecule has 0 aliphatic heterocycles. The maximum atomic E-state index is 11.6. The third-order valence-electron chi connectivity index (χ3n) is 2.72. The number of hydrogen-bond donors (Lipinski definition) is 3. The molecule has 0 aliphatic rings. The van der Waals surface area contributed by atoms with Gasteiger partial charge in [-0.05, 0) is 38.5 Å². The topological polar surface area (TPSA) is 119 Å². The second-order valence-corrected chi connectivity index (χ2v) is 5.76. The van der Waals surface area contributed by atoms with Crippen molar-refractivity contribution in [3.05, 3.63) is 35.4 Å². The van der Waals surface area contributed by atoms with E-state index in [1.807, 2.05) is 0 Å². The molecule has 1 aromatic rings. The first-order chi connectivity index (χ1) is 10.1. The third kappa shape index (κ3) is 5.43. The average molecular weight is 308 g/mol. The number of carbonyl (C=O) groups excluding carboxylic acids is 2. The zero-order valence-electron chi connectivity index (χ0n) is 12.8. The first-order valence-electron chi connectivity index (χ1n) is 6.69. The molecule has 2 amide bonds. The van der Waals surface area contributed by atoms with Crippen LogP contribution in [0.4, 0.5) is 4.79 Å². The normalized spacial score (nSPS) is 12.3. The Morgan fingerprint density at radius 1 is 1.32 bits per heavy atom. The molecule has 22 heavy (non-hydrogen) atoms. The lowest BCUT2D eigenvalue weighted by Crippen LogP contribution is -2.36. The Bertz CT molecular complexity index is 578. The van der Waals surface area contributed by atoms with Gasteiger partial charge in [-0.2, -0.15) is 0 Å². The molecule has 0 heterocycles. The first-order valence-corrected chi connectivity index (χ1v) is 6.69. The SMILES string of the molecule is CC(C)(C)OC(=O)NCC(C(=O)O)c1cccc(C(N)=O)c1. The van der Waals surface area contributed by atoms with Crippen LogP contribution in [0, 0.1) is 0 Å². The van der Waals surface area contributed by atoms with Crippen LogP contribution >= 0.6 is 0 Å². The molecule has 0 saturated heterocycles. The summed E-state index contributed by atoms with van der Waals surface area (Å²) in [4.78, 5) is 34.1. The van der Waals surface area contributed by atoms with Crippen molar-refractivity contribution in [2.75, 3.05) is 6.54 Å². The average Bonchev–Trinajstić information content (AvgIpc) is 2.36. The van der Waals surface area contributed by atoms with E-state index in [4.69, 9.17) is 10.5 Å². The van der Waals surface area contributed by atoms with Crippen LogP contribution in [0.3, 0.4) is 0 Å². The quantitative estimate of drug-likeness (QED) is 0.761. The summed E-state index contributed by atoms with van der Waals surface area (Å²) in [6.45, 7) is 4.96. The Labute approximate surface area is 128 Å². The number of aliphatic carboxylic acids is 1. The molecular weight excluding hydrogens is 288 g/mol. The monoisotopic (exact) mass is 308 g/mol. The fourth-order valence-electron chi connectivity index (χ4n) is 1.76. The molecule has 7 heteroatoms. The van der Waals surface area contributed by atoms with E-state index in [2.05, 4.69) is 5.32 Å². The fraction of sp³-hybridized carbons (Fsp3) is 0.400. The van der Waals surface area contributed by atoms with E-state index >= 15 is 0 Å². The maximum Gasteiger partial charge on any atom is 0.407 e. The number of carboxylic acids is 1. The molecule has 7 nitrogen and oxygen atoms in total. The molecule has 1 rings (SSSR count). The van der Waals surface area contributed by atoms with Gasteiger partial charge in [0, 0.05) is 12.1 Å². The van der Waals surface area contributed by atoms with E-state index in [1.165, 1.54) is 12.1 Å². The number of nitrogens with two attached hydrogens (primary N) is 1. The number of nitrogens with one attached hydrogen (secondary N) is 1. The van der Waals surface area contributed by atoms with Crippen molar-refractivity contribution in [2.45, 2.75) is 32.3 Å². The van der Waals surface area contributed by atoms with Gasteiger partial charge in [-0.3, -0.25) is 9.59 Å². The van der Waals surface area contributed by atoms with Crippen molar-refractivity contribution in [3.63, 3.8) is 0 Å². The van der Waals surface area contributed by atoms with Crippen LogP contribution in [0.15, 0.2) is 24.3 Å². The van der Waals surface area contributed by atoms with Gasteiger partial charge < -0.3 is 20.9 Å². The highest BCUT2D eigenvalue weighted by Crippen LogP contribution is 2.17. The van der Waals surface area contributed by atoms with Gasteiger partial charge in [-0.25, -0.2) is 4.79 Å². The molecule has 120 valence electrons. The highest BCUT2D eigenvalue weighted by molar-refractivity contribution is 5.93. The Balaban J connectivity index is 2.83. The Hall–Kier alpha value is -2.57. The number of carbonyl (C=O) groups is 3. The fourth-order valence-corrected chi connectivity index (χ4v) is 1.76. The van der Waals surface area contributed by atoms with Gasteiger partial charge in [-0.1, -0.05) is 12.1 Å². The van der Waals surface area contributed by atoms with Gasteiger partial charge in [0.15, 0.2) is 0 Å². The smallest absolute Gasteiger partial charge is 0.407 e. The summed E-state index contributed by atoms with van der Waals surface area (Å²) in [5, 5.41) is 11.7. The zero-order chi connectivity index (χ0) is 16.9. The molecule has 0 aliphatic carbocycles. The van der Waals surface area contributed by atoms with Crippen LogP contribution in [-0.2, 0) is 9.53 Å². The first kappa shape index (κ1) is 17.5. The molecule has 0 saturated carbocycles. The molecule has 0 spiro atoms. The van der Waals surface area contributed by atoms with E-state index in [9.17, 15) is 19.5 Å². The van der Waals surface area contributed by atoms with Gasteiger partial charge in [-0.15, -0.1) is 0 Å². The van der Waals surface area contributed by atoms with Crippen LogP contribution in [0.1, 0.15) is 42.6 Å². The summed E-state index contributed by atoms with van der Waals surface area (Å²) in [5.74, 6) is -2.78. The van der Waals surface area contributed by atoms with Crippen LogP contribution in [-0.4, -0.2) is 35.2 Å². The molecule has 0 aromatic heterocycles. The van der Waals surface area contributed by atoms with Gasteiger partial charge in [0.05, 0.1) is 5.92 Å². The summed E-state index contributed by atoms with van der Waals surface area (Å²) < 4.78 is 5.05. The van der Waals surface area contributed by atoms with Crippen LogP contribution < -0.4 is 11.1 Å². The highest BCUT2D eigenvalue weighted by Gasteiger charge is 2.23. The van der Waals surface area contributed by atoms with Crippen molar-refractivity contribution < 1.29 is 24.2 Å². The van der Waals surface area contributed by atoms with Crippen LogP contribution in [0.5, 0.6) is 0 Å². The summed E-state index contributed by atoms with van der Waals surface area (Å²) in [7, 11) is 0. The molecule has 1 unspecified atom stereocenters. The lowest BCUT2D eigenvalue weighted by atomic mass is 9.97. The van der Waals surface area contributed by atoms with Gasteiger partial charge >= 0.3 is 12.1 Å². The predicted octanol–water partition coefficient (Wildman–Crippen LogP) is 1.48. The number of alkyl carbamates (subject to hydrolysis) is 1. The molecule has 0 bridgehead atoms. The number of benzene rings is 1. The minimum absolute atomic E-state index is 0.160. The standard InChI is InChI=1S/C15H20N2O5/c1-15(2,3)22-14(21)17-8-11(13(19)20)9-5-4-6-10(7-9)12(16)18/h4-7,11H,8H2,1-3H3,(H2,16,18)(H,17,21)(H,19,20). The summed E-state index contributed by atoms with van der Waals surface area (Å²) >= 11 is 0. The van der Waals surface area contributed by atoms with Gasteiger partial charge in [0.1, 0.15) is 5.60 Å². The number of carboxylic acid groups (broad SMARTS) is 1. The lowest BCUT2D eigenvalue weighted by molar-refractivity contribution is -0.138. The number of primary amides is 1. The van der Waals surface area contributed by atoms with Crippen molar-refractivity contribution >= 4 is 18.0 Å². The van der Waals surface area contributed by atoms with E-state index in [-0.39, 0.29) is 12.1 Å². The molecule has 1 atom stereocenters. The summed E-state index contributed by atoms with van der Waals surface area (Å²) in [6, 6.07) is 5.99. The Morgan fingerprint density at radius 3 is 2.45 bits per heavy atom. The summed E-state index contributed by atoms with van der Waals surface area (Å²) in [5.41, 5.74) is 5.09. The maximum absolute atomic E-state index is 11.6. The van der Waals surface area contributed by atoms with Crippen LogP contribution in [0.2, 0.25) is 0 Å². The van der Waals surface area contributed by atoms with Gasteiger partial charge in [0.25, 0.3) is 0 Å². The van der Waals surface area contributed by atoms with Crippen molar-refractivity contribution in [3.8, 4) is 0 Å². The molecule has 0 radical (unpaired) electrons. The van der Waals surface area contributed by atoms with E-state index in [0.717, 1.165) is 0 Å². The largest absolute Gasteiger partial charge is 0.481 e. The second kappa shape index (κ2) is 6.93. The minimum atomic E-state index is -1.13. The molecule has 1 aromatic carbocycles. The highest BCUT2D eigenvalue weighted by atomic mass is 16.6. The Kier molecular flexibility index (Phi) is 5.50. The second-order valence-electron chi connectivity index (χ2n) is 5.76. The number of amides is 2. The van der Waals surface area contributed by atoms with E-state index in [0.29, 0.717) is 5.56 Å². The predicted molar refractivity (Wildman–Crippen MR) is 79.6 cm³/mol. The number of rotatable bonds is 5. The zero-order valence-corrected chi connectivity index (χ0v) is 12.8. The molecule has 0 fully saturated rings. The lowest BCUT2D eigenvalue weighted by Gasteiger charge is -2.21. The number of hydrogen-bond acceptors (Lipinski definition) is 4. The van der Waals surface area contributed by atoms with E-state index in [1.54, 1.807) is 32.9 Å². The Morgan fingerprint density at radius 2 is 1.95 bits per heavy atom. The van der Waals surface area contributed by atoms with Crippen molar-refractivity contribution in [1.82, 2.24) is 5.32 Å². The summed E-state index contributed by atoms with van der Waals surface area (Å²) in [6.07, 6.45) is -0.704. The van der Waals surface area contributed by atoms with Gasteiger partial charge in [0.2, 0.25) is 5.91 Å². The van der Waals surface area contributed by atoms with E-state index < -0.39 is 29.5 Å². The molecular formula is C15H20N2O5. The third-order valence-corrected chi connectivity index (χ3v) is 2.72. The minimum Gasteiger partial charge on any atom is -0.481 e. The van der Waals surface area contributed by atoms with Crippen molar-refractivity contribution in [1.29, 1.82) is 0 Å². The molecule has 4 N–H and O–H groups in total.